The zero-order valence-corrected chi connectivity index (χ0v) is 12.7. The van der Waals surface area contributed by atoms with Gasteiger partial charge in [-0.15, -0.1) is 13.2 Å². The highest BCUT2D eigenvalue weighted by molar-refractivity contribution is 4.92. The molecule has 0 aliphatic carbocycles. The average molecular weight is 302 g/mol. The molecule has 0 bridgehead atoms. The van der Waals surface area contributed by atoms with Crippen molar-refractivity contribution in [3.8, 4) is 0 Å². The van der Waals surface area contributed by atoms with E-state index in [4.69, 9.17) is 18.9 Å². The van der Waals surface area contributed by atoms with Gasteiger partial charge in [0.05, 0.1) is 26.4 Å². The Kier molecular flexibility index (Phi) is 7.51. The first kappa shape index (κ1) is 18.3. The highest BCUT2D eigenvalue weighted by atomic mass is 16.8. The lowest BCUT2D eigenvalue weighted by atomic mass is 10.0. The van der Waals surface area contributed by atoms with E-state index in [1.807, 2.05) is 0 Å². The van der Waals surface area contributed by atoms with Crippen LogP contribution < -0.4 is 0 Å². The second-order valence-corrected chi connectivity index (χ2v) is 5.25. The van der Waals surface area contributed by atoms with Crippen molar-refractivity contribution in [2.75, 3.05) is 26.4 Å². The maximum absolute atomic E-state index is 9.52. The van der Waals surface area contributed by atoms with Crippen LogP contribution in [0.25, 0.3) is 0 Å². The van der Waals surface area contributed by atoms with E-state index in [9.17, 15) is 10.2 Å². The van der Waals surface area contributed by atoms with Crippen LogP contribution in [0.1, 0.15) is 13.8 Å². The zero-order valence-electron chi connectivity index (χ0n) is 12.7. The van der Waals surface area contributed by atoms with Crippen molar-refractivity contribution in [2.45, 2.75) is 44.1 Å². The molecular formula is C15H26O6. The highest BCUT2D eigenvalue weighted by Crippen LogP contribution is 2.33. The van der Waals surface area contributed by atoms with Crippen molar-refractivity contribution in [2.24, 2.45) is 0 Å². The summed E-state index contributed by atoms with van der Waals surface area (Å²) in [5.41, 5.74) is 0. The quantitative estimate of drug-likeness (QED) is 0.577. The van der Waals surface area contributed by atoms with Crippen molar-refractivity contribution >= 4 is 0 Å². The van der Waals surface area contributed by atoms with E-state index < -0.39 is 30.2 Å². The van der Waals surface area contributed by atoms with Gasteiger partial charge in [0.2, 0.25) is 0 Å². The van der Waals surface area contributed by atoms with Gasteiger partial charge in [-0.05, 0) is 13.8 Å². The van der Waals surface area contributed by atoms with E-state index in [-0.39, 0.29) is 26.4 Å². The third-order valence-corrected chi connectivity index (χ3v) is 3.11. The molecule has 2 N–H and O–H groups in total. The minimum absolute atomic E-state index is 0.228. The molecule has 0 saturated carbocycles. The first-order valence-electron chi connectivity index (χ1n) is 7.01. The lowest BCUT2D eigenvalue weighted by molar-refractivity contribution is -0.167. The van der Waals surface area contributed by atoms with Crippen molar-refractivity contribution in [1.82, 2.24) is 0 Å². The van der Waals surface area contributed by atoms with Crippen molar-refractivity contribution in [3.63, 3.8) is 0 Å². The summed E-state index contributed by atoms with van der Waals surface area (Å²) in [6.45, 7) is 10.8. The third-order valence-electron chi connectivity index (χ3n) is 3.11. The molecule has 0 aromatic heterocycles. The molecule has 0 aromatic carbocycles. The van der Waals surface area contributed by atoms with E-state index >= 15 is 0 Å². The van der Waals surface area contributed by atoms with Crippen molar-refractivity contribution in [1.29, 1.82) is 0 Å². The minimum Gasteiger partial charge on any atom is -0.394 e. The molecule has 6 nitrogen and oxygen atoms in total. The average Bonchev–Trinajstić information content (AvgIpc) is 2.77. The SMILES string of the molecule is C=CCO[C@H](CO)[C@H]1OC(C)(C)O[C@@H]1[C@@H](CO)OCC=C. The van der Waals surface area contributed by atoms with Gasteiger partial charge in [0.25, 0.3) is 0 Å². The Hall–Kier alpha value is -0.760. The zero-order chi connectivity index (χ0) is 15.9. The molecule has 122 valence electrons. The molecule has 1 fully saturated rings. The predicted molar refractivity (Wildman–Crippen MR) is 77.9 cm³/mol. The van der Waals surface area contributed by atoms with Crippen molar-refractivity contribution < 1.29 is 29.2 Å². The Morgan fingerprint density at radius 1 is 1.00 bits per heavy atom. The predicted octanol–water partition coefficient (Wildman–Crippen LogP) is 0.633. The lowest BCUT2D eigenvalue weighted by Gasteiger charge is -2.29. The molecule has 1 aliphatic heterocycles. The molecule has 21 heavy (non-hydrogen) atoms. The van der Waals surface area contributed by atoms with Crippen molar-refractivity contribution in [3.05, 3.63) is 25.3 Å². The summed E-state index contributed by atoms with van der Waals surface area (Å²) in [6, 6.07) is 0. The Morgan fingerprint density at radius 2 is 1.38 bits per heavy atom. The Balaban J connectivity index is 2.84. The Bertz CT molecular complexity index is 300. The van der Waals surface area contributed by atoms with Gasteiger partial charge in [-0.1, -0.05) is 12.2 Å². The van der Waals surface area contributed by atoms with Gasteiger partial charge in [-0.2, -0.15) is 0 Å². The smallest absolute Gasteiger partial charge is 0.164 e. The molecule has 1 heterocycles. The maximum Gasteiger partial charge on any atom is 0.164 e. The molecule has 1 rings (SSSR count). The van der Waals surface area contributed by atoms with Gasteiger partial charge in [0.1, 0.15) is 24.4 Å². The highest BCUT2D eigenvalue weighted by Gasteiger charge is 2.49. The molecule has 6 heteroatoms. The second kappa shape index (κ2) is 8.63. The van der Waals surface area contributed by atoms with E-state index in [0.29, 0.717) is 0 Å². The molecule has 1 saturated heterocycles. The molecule has 4 atom stereocenters. The lowest BCUT2D eigenvalue weighted by Crippen LogP contribution is -2.47. The number of aliphatic hydroxyl groups is 2. The first-order chi connectivity index (χ1) is 9.99. The second-order valence-electron chi connectivity index (χ2n) is 5.25. The molecule has 0 radical (unpaired) electrons. The fourth-order valence-electron chi connectivity index (χ4n) is 2.28. The van der Waals surface area contributed by atoms with Crippen LogP contribution in [0.4, 0.5) is 0 Å². The standard InChI is InChI=1S/C15H26O6/c1-5-7-18-11(9-16)13-14(21-15(3,4)20-13)12(10-17)19-8-6-2/h5-6,11-14,16-17H,1-2,7-10H2,3-4H3/t11-,12-,13-,14-/m1/s1. The molecule has 0 amide bonds. The van der Waals surface area contributed by atoms with Crippen LogP contribution in [0.15, 0.2) is 25.3 Å². The molecule has 1 aliphatic rings. The third kappa shape index (κ3) is 5.18. The van der Waals surface area contributed by atoms with Crippen LogP contribution in [0, 0.1) is 0 Å². The topological polar surface area (TPSA) is 77.4 Å². The summed E-state index contributed by atoms with van der Waals surface area (Å²) >= 11 is 0. The molecule has 0 unspecified atom stereocenters. The molecule has 0 aromatic rings. The fraction of sp³-hybridized carbons (Fsp3) is 0.733. The first-order valence-corrected chi connectivity index (χ1v) is 7.01. The van der Waals surface area contributed by atoms with Gasteiger partial charge in [0.15, 0.2) is 5.79 Å². The summed E-state index contributed by atoms with van der Waals surface area (Å²) in [5, 5.41) is 19.0. The van der Waals surface area contributed by atoms with E-state index in [2.05, 4.69) is 13.2 Å². The van der Waals surface area contributed by atoms with Gasteiger partial charge in [-0.3, -0.25) is 0 Å². The normalized spacial score (nSPS) is 27.2. The summed E-state index contributed by atoms with van der Waals surface area (Å²) < 4.78 is 22.7. The molecule has 0 spiro atoms. The Morgan fingerprint density at radius 3 is 1.67 bits per heavy atom. The van der Waals surface area contributed by atoms with Crippen LogP contribution in [0.5, 0.6) is 0 Å². The largest absolute Gasteiger partial charge is 0.394 e. The van der Waals surface area contributed by atoms with E-state index in [0.717, 1.165) is 0 Å². The maximum atomic E-state index is 9.52. The van der Waals surface area contributed by atoms with Crippen LogP contribution in [0.2, 0.25) is 0 Å². The monoisotopic (exact) mass is 302 g/mol. The summed E-state index contributed by atoms with van der Waals surface area (Å²) in [6.07, 6.45) is 0.915. The van der Waals surface area contributed by atoms with Crippen LogP contribution in [-0.2, 0) is 18.9 Å². The van der Waals surface area contributed by atoms with Gasteiger partial charge in [0, 0.05) is 0 Å². The number of hydrogen-bond acceptors (Lipinski definition) is 6. The Labute approximate surface area is 126 Å². The minimum atomic E-state index is -0.842. The summed E-state index contributed by atoms with van der Waals surface area (Å²) in [7, 11) is 0. The number of aliphatic hydroxyl groups excluding tert-OH is 2. The molecular weight excluding hydrogens is 276 g/mol. The van der Waals surface area contributed by atoms with Gasteiger partial charge >= 0.3 is 0 Å². The van der Waals surface area contributed by atoms with Gasteiger partial charge in [-0.25, -0.2) is 0 Å². The van der Waals surface area contributed by atoms with Gasteiger partial charge < -0.3 is 29.2 Å². The van der Waals surface area contributed by atoms with E-state index in [1.54, 1.807) is 26.0 Å². The fourth-order valence-corrected chi connectivity index (χ4v) is 2.28. The number of rotatable bonds is 10. The summed E-state index contributed by atoms with van der Waals surface area (Å²) in [5.74, 6) is -0.842. The van der Waals surface area contributed by atoms with Crippen LogP contribution >= 0.6 is 0 Å². The van der Waals surface area contributed by atoms with Crippen LogP contribution in [0.3, 0.4) is 0 Å². The summed E-state index contributed by atoms with van der Waals surface area (Å²) in [4.78, 5) is 0. The van der Waals surface area contributed by atoms with E-state index in [1.165, 1.54) is 0 Å². The van der Waals surface area contributed by atoms with Crippen LogP contribution in [-0.4, -0.2) is 66.8 Å². The number of hydrogen-bond donors (Lipinski definition) is 2. The number of ether oxygens (including phenoxy) is 4.